The average Bonchev–Trinajstić information content (AvgIpc) is 2.18. The molecule has 0 amide bonds. The van der Waals surface area contributed by atoms with Crippen LogP contribution in [0, 0.1) is 6.92 Å². The normalized spacial score (nSPS) is 10.9. The maximum absolute atomic E-state index is 4.38. The number of allylic oxidation sites excluding steroid dienone is 1. The van der Waals surface area contributed by atoms with Crippen molar-refractivity contribution >= 4 is 17.5 Å². The molecule has 1 aromatic carbocycles. The Kier molecular flexibility index (Phi) is 3.84. The van der Waals surface area contributed by atoms with E-state index in [1.165, 1.54) is 11.1 Å². The number of hydrogen-bond acceptors (Lipinski definition) is 1. The number of aryl methyl sites for hydroxylation is 2. The summed E-state index contributed by atoms with van der Waals surface area (Å²) in [7, 11) is 0. The summed E-state index contributed by atoms with van der Waals surface area (Å²) in [6.45, 7) is 12.3. The van der Waals surface area contributed by atoms with Crippen molar-refractivity contribution in [3.05, 3.63) is 35.4 Å². The summed E-state index contributed by atoms with van der Waals surface area (Å²) < 4.78 is 0. The number of nitrogens with zero attached hydrogens (tertiary/aromatic N) is 1. The molecular weight excluding hydrogens is 182 g/mol. The highest BCUT2D eigenvalue weighted by molar-refractivity contribution is 5.76. The Morgan fingerprint density at radius 1 is 1.47 bits per heavy atom. The molecule has 15 heavy (non-hydrogen) atoms. The van der Waals surface area contributed by atoms with E-state index in [0.29, 0.717) is 0 Å². The average molecular weight is 201 g/mol. The third-order valence-electron chi connectivity index (χ3n) is 2.56. The van der Waals surface area contributed by atoms with Crippen LogP contribution in [0.4, 0.5) is 5.69 Å². The van der Waals surface area contributed by atoms with Gasteiger partial charge in [-0.1, -0.05) is 13.5 Å². The lowest BCUT2D eigenvalue weighted by Gasteiger charge is -2.10. The molecule has 0 aromatic heterocycles. The Labute approximate surface area is 92.6 Å². The van der Waals surface area contributed by atoms with Crippen LogP contribution in [0.25, 0.3) is 5.57 Å². The van der Waals surface area contributed by atoms with Gasteiger partial charge in [0.25, 0.3) is 0 Å². The zero-order valence-corrected chi connectivity index (χ0v) is 10.1. The molecule has 0 unspecified atom stereocenters. The van der Waals surface area contributed by atoms with E-state index in [1.54, 1.807) is 0 Å². The summed E-state index contributed by atoms with van der Waals surface area (Å²) >= 11 is 0. The van der Waals surface area contributed by atoms with Crippen molar-refractivity contribution in [2.24, 2.45) is 4.99 Å². The predicted octanol–water partition coefficient (Wildman–Crippen LogP) is 4.31. The first-order valence-electron chi connectivity index (χ1n) is 5.38. The molecule has 1 rings (SSSR count). The Morgan fingerprint density at radius 3 is 2.60 bits per heavy atom. The maximum atomic E-state index is 4.38. The van der Waals surface area contributed by atoms with Crippen molar-refractivity contribution < 1.29 is 0 Å². The number of rotatable bonds is 3. The van der Waals surface area contributed by atoms with Gasteiger partial charge >= 0.3 is 0 Å². The lowest BCUT2D eigenvalue weighted by atomic mass is 9.98. The Morgan fingerprint density at radius 2 is 2.13 bits per heavy atom. The molecule has 0 bridgehead atoms. The van der Waals surface area contributed by atoms with E-state index in [9.17, 15) is 0 Å². The molecule has 0 atom stereocenters. The molecule has 0 saturated heterocycles. The van der Waals surface area contributed by atoms with Crippen LogP contribution in [0.1, 0.15) is 37.5 Å². The second-order valence-electron chi connectivity index (χ2n) is 3.82. The minimum Gasteiger partial charge on any atom is -0.261 e. The quantitative estimate of drug-likeness (QED) is 0.646. The topological polar surface area (TPSA) is 12.4 Å². The van der Waals surface area contributed by atoms with Gasteiger partial charge in [-0.25, -0.2) is 0 Å². The van der Waals surface area contributed by atoms with Crippen LogP contribution in [-0.4, -0.2) is 6.21 Å². The van der Waals surface area contributed by atoms with Crippen LogP contribution < -0.4 is 0 Å². The second-order valence-corrected chi connectivity index (χ2v) is 3.82. The summed E-state index contributed by atoms with van der Waals surface area (Å²) in [4.78, 5) is 4.38. The smallest absolute Gasteiger partial charge is 0.0703 e. The largest absolute Gasteiger partial charge is 0.261 e. The van der Waals surface area contributed by atoms with Gasteiger partial charge in [0.15, 0.2) is 0 Å². The van der Waals surface area contributed by atoms with Crippen molar-refractivity contribution in [2.45, 2.75) is 34.1 Å². The molecule has 1 aromatic rings. The van der Waals surface area contributed by atoms with Gasteiger partial charge in [0.2, 0.25) is 0 Å². The van der Waals surface area contributed by atoms with Gasteiger partial charge in [0.1, 0.15) is 0 Å². The molecule has 1 heteroatoms. The monoisotopic (exact) mass is 201 g/mol. The lowest BCUT2D eigenvalue weighted by molar-refractivity contribution is 1.10. The van der Waals surface area contributed by atoms with Gasteiger partial charge in [-0.2, -0.15) is 0 Å². The minimum atomic E-state index is 1.03. The minimum absolute atomic E-state index is 1.03. The Balaban J connectivity index is 3.38. The molecule has 80 valence electrons. The number of aliphatic imine (C=N–C) groups is 1. The van der Waals surface area contributed by atoms with E-state index in [-0.39, 0.29) is 0 Å². The van der Waals surface area contributed by atoms with Crippen molar-refractivity contribution in [2.75, 3.05) is 0 Å². The number of benzene rings is 1. The van der Waals surface area contributed by atoms with Crippen molar-refractivity contribution in [3.63, 3.8) is 0 Å². The molecule has 0 radical (unpaired) electrons. The van der Waals surface area contributed by atoms with Crippen LogP contribution in [0.2, 0.25) is 0 Å². The highest BCUT2D eigenvalue weighted by atomic mass is 14.7. The van der Waals surface area contributed by atoms with Gasteiger partial charge in [0.05, 0.1) is 5.69 Å². The van der Waals surface area contributed by atoms with Crippen LogP contribution >= 0.6 is 0 Å². The maximum Gasteiger partial charge on any atom is 0.0703 e. The third-order valence-corrected chi connectivity index (χ3v) is 2.56. The predicted molar refractivity (Wildman–Crippen MR) is 69.1 cm³/mol. The van der Waals surface area contributed by atoms with Gasteiger partial charge in [0, 0.05) is 11.8 Å². The summed E-state index contributed by atoms with van der Waals surface area (Å²) in [5.41, 5.74) is 5.95. The van der Waals surface area contributed by atoms with Crippen molar-refractivity contribution in [3.8, 4) is 0 Å². The second kappa shape index (κ2) is 4.92. The lowest BCUT2D eigenvalue weighted by Crippen LogP contribution is -1.90. The standard InChI is InChI=1S/C14H19N/c1-6-12-9-13(10(3)4)14(15-7-2)8-11(12)5/h7-9H,3,6H2,1-2,4-5H3. The fourth-order valence-corrected chi connectivity index (χ4v) is 1.71. The molecule has 0 aliphatic rings. The fourth-order valence-electron chi connectivity index (χ4n) is 1.71. The van der Waals surface area contributed by atoms with Crippen molar-refractivity contribution in [1.29, 1.82) is 0 Å². The molecular formula is C14H19N. The third kappa shape index (κ3) is 2.56. The molecule has 0 fully saturated rings. The molecule has 0 aliphatic heterocycles. The molecule has 0 heterocycles. The van der Waals surface area contributed by atoms with E-state index >= 15 is 0 Å². The summed E-state index contributed by atoms with van der Waals surface area (Å²) in [5, 5.41) is 0. The molecule has 0 spiro atoms. The first kappa shape index (κ1) is 11.7. The zero-order valence-electron chi connectivity index (χ0n) is 10.1. The highest BCUT2D eigenvalue weighted by Crippen LogP contribution is 2.28. The zero-order chi connectivity index (χ0) is 11.4. The van der Waals surface area contributed by atoms with Gasteiger partial charge < -0.3 is 0 Å². The summed E-state index contributed by atoms with van der Waals surface area (Å²) in [6, 6.07) is 4.35. The van der Waals surface area contributed by atoms with E-state index < -0.39 is 0 Å². The van der Waals surface area contributed by atoms with E-state index in [4.69, 9.17) is 0 Å². The van der Waals surface area contributed by atoms with Crippen LogP contribution in [0.5, 0.6) is 0 Å². The van der Waals surface area contributed by atoms with E-state index in [2.05, 4.69) is 37.6 Å². The van der Waals surface area contributed by atoms with Crippen LogP contribution in [0.3, 0.4) is 0 Å². The summed E-state index contributed by atoms with van der Waals surface area (Å²) in [5.74, 6) is 0. The first-order chi connectivity index (χ1) is 7.10. The molecule has 0 saturated carbocycles. The Hall–Kier alpha value is -1.37. The summed E-state index contributed by atoms with van der Waals surface area (Å²) in [6.07, 6.45) is 2.88. The first-order valence-corrected chi connectivity index (χ1v) is 5.38. The fraction of sp³-hybridized carbons (Fsp3) is 0.357. The van der Waals surface area contributed by atoms with Gasteiger partial charge in [-0.3, -0.25) is 4.99 Å². The van der Waals surface area contributed by atoms with Gasteiger partial charge in [-0.05, 0) is 56.0 Å². The highest BCUT2D eigenvalue weighted by Gasteiger charge is 2.05. The van der Waals surface area contributed by atoms with E-state index in [1.807, 2.05) is 20.1 Å². The Bertz CT molecular complexity index is 400. The van der Waals surface area contributed by atoms with Crippen molar-refractivity contribution in [1.82, 2.24) is 0 Å². The molecule has 1 nitrogen and oxygen atoms in total. The van der Waals surface area contributed by atoms with Gasteiger partial charge in [-0.15, -0.1) is 0 Å². The number of hydrogen-bond donors (Lipinski definition) is 0. The SMILES string of the molecule is C=C(C)c1cc(CC)c(C)cc1N=CC. The van der Waals surface area contributed by atoms with Crippen LogP contribution in [-0.2, 0) is 6.42 Å². The van der Waals surface area contributed by atoms with E-state index in [0.717, 1.165) is 23.2 Å². The molecule has 0 N–H and O–H groups in total. The molecule has 0 aliphatic carbocycles. The van der Waals surface area contributed by atoms with Crippen LogP contribution in [0.15, 0.2) is 23.7 Å².